The van der Waals surface area contributed by atoms with Gasteiger partial charge in [-0.1, -0.05) is 18.2 Å². The third-order valence-corrected chi connectivity index (χ3v) is 2.62. The van der Waals surface area contributed by atoms with Gasteiger partial charge in [-0.3, -0.25) is 4.98 Å². The van der Waals surface area contributed by atoms with Crippen molar-refractivity contribution in [3.63, 3.8) is 0 Å². The minimum atomic E-state index is 0.0871. The van der Waals surface area contributed by atoms with Gasteiger partial charge in [-0.05, 0) is 24.1 Å². The minimum absolute atomic E-state index is 0.0871. The van der Waals surface area contributed by atoms with Crippen LogP contribution in [0.15, 0.2) is 30.3 Å². The molecule has 0 amide bonds. The Hall–Kier alpha value is -1.45. The first kappa shape index (κ1) is 11.0. The number of para-hydroxylation sites is 1. The predicted octanol–water partition coefficient (Wildman–Crippen LogP) is 1.30. The molecular weight excluding hydrogens is 202 g/mol. The second-order valence-corrected chi connectivity index (χ2v) is 3.73. The van der Waals surface area contributed by atoms with E-state index in [1.807, 2.05) is 30.3 Å². The van der Waals surface area contributed by atoms with E-state index >= 15 is 0 Å². The van der Waals surface area contributed by atoms with E-state index in [4.69, 9.17) is 10.2 Å². The van der Waals surface area contributed by atoms with Crippen molar-refractivity contribution in [2.75, 3.05) is 13.2 Å². The molecule has 0 saturated carbocycles. The highest BCUT2D eigenvalue weighted by Crippen LogP contribution is 2.17. The Morgan fingerprint density at radius 2 is 1.75 bits per heavy atom. The lowest BCUT2D eigenvalue weighted by atomic mass is 10.0. The van der Waals surface area contributed by atoms with Crippen LogP contribution in [-0.2, 0) is 12.8 Å². The molecule has 1 heterocycles. The molecule has 16 heavy (non-hydrogen) atoms. The van der Waals surface area contributed by atoms with Crippen LogP contribution in [0.5, 0.6) is 0 Å². The van der Waals surface area contributed by atoms with Crippen molar-refractivity contribution >= 4 is 10.9 Å². The van der Waals surface area contributed by atoms with Gasteiger partial charge in [0.15, 0.2) is 0 Å². The minimum Gasteiger partial charge on any atom is -0.396 e. The normalized spacial score (nSPS) is 10.9. The number of nitrogens with zero attached hydrogens (tertiary/aromatic N) is 1. The highest BCUT2D eigenvalue weighted by atomic mass is 16.3. The molecule has 0 unspecified atom stereocenters. The SMILES string of the molecule is OCCc1cc2ccccc2nc1CCO. The van der Waals surface area contributed by atoms with Gasteiger partial charge in [0.2, 0.25) is 0 Å². The molecule has 0 spiro atoms. The first-order valence-electron chi connectivity index (χ1n) is 5.44. The fourth-order valence-electron chi connectivity index (χ4n) is 1.86. The van der Waals surface area contributed by atoms with Gasteiger partial charge in [-0.2, -0.15) is 0 Å². The lowest BCUT2D eigenvalue weighted by molar-refractivity contribution is 0.292. The number of rotatable bonds is 4. The Morgan fingerprint density at radius 3 is 2.50 bits per heavy atom. The molecule has 2 aromatic rings. The molecule has 2 N–H and O–H groups in total. The zero-order chi connectivity index (χ0) is 11.4. The van der Waals surface area contributed by atoms with Crippen LogP contribution in [0.1, 0.15) is 11.3 Å². The van der Waals surface area contributed by atoms with Crippen LogP contribution in [0, 0.1) is 0 Å². The summed E-state index contributed by atoms with van der Waals surface area (Å²) in [5.74, 6) is 0. The number of hydrogen-bond acceptors (Lipinski definition) is 3. The first-order valence-corrected chi connectivity index (χ1v) is 5.44. The molecule has 0 fully saturated rings. The van der Waals surface area contributed by atoms with Gasteiger partial charge < -0.3 is 10.2 Å². The van der Waals surface area contributed by atoms with E-state index < -0.39 is 0 Å². The van der Waals surface area contributed by atoms with Gasteiger partial charge in [-0.25, -0.2) is 0 Å². The van der Waals surface area contributed by atoms with E-state index in [0.29, 0.717) is 12.8 Å². The number of benzene rings is 1. The number of hydrogen-bond donors (Lipinski definition) is 2. The van der Waals surface area contributed by atoms with E-state index in [1.54, 1.807) is 0 Å². The summed E-state index contributed by atoms with van der Waals surface area (Å²) in [6.07, 6.45) is 1.13. The molecule has 3 heteroatoms. The van der Waals surface area contributed by atoms with E-state index in [9.17, 15) is 0 Å². The monoisotopic (exact) mass is 217 g/mol. The number of pyridine rings is 1. The van der Waals surface area contributed by atoms with E-state index in [1.165, 1.54) is 0 Å². The van der Waals surface area contributed by atoms with Gasteiger partial charge in [-0.15, -0.1) is 0 Å². The Morgan fingerprint density at radius 1 is 1.00 bits per heavy atom. The number of aromatic nitrogens is 1. The highest BCUT2D eigenvalue weighted by molar-refractivity contribution is 5.79. The van der Waals surface area contributed by atoms with Gasteiger partial charge in [0.1, 0.15) is 0 Å². The van der Waals surface area contributed by atoms with Crippen molar-refractivity contribution in [1.29, 1.82) is 0 Å². The van der Waals surface area contributed by atoms with Crippen molar-refractivity contribution in [3.8, 4) is 0 Å². The molecule has 0 aliphatic carbocycles. The lowest BCUT2D eigenvalue weighted by Gasteiger charge is -2.08. The third kappa shape index (κ3) is 2.21. The average Bonchev–Trinajstić information content (AvgIpc) is 2.30. The van der Waals surface area contributed by atoms with Crippen LogP contribution in [-0.4, -0.2) is 28.4 Å². The van der Waals surface area contributed by atoms with Crippen molar-refractivity contribution in [2.45, 2.75) is 12.8 Å². The van der Waals surface area contributed by atoms with E-state index in [2.05, 4.69) is 4.98 Å². The number of fused-ring (bicyclic) bond motifs is 1. The average molecular weight is 217 g/mol. The topological polar surface area (TPSA) is 53.4 Å². The van der Waals surface area contributed by atoms with E-state index in [0.717, 1.165) is 22.2 Å². The van der Waals surface area contributed by atoms with Crippen molar-refractivity contribution < 1.29 is 10.2 Å². The predicted molar refractivity (Wildman–Crippen MR) is 63.3 cm³/mol. The van der Waals surface area contributed by atoms with Crippen LogP contribution in [0.2, 0.25) is 0 Å². The summed E-state index contributed by atoms with van der Waals surface area (Å²) >= 11 is 0. The summed E-state index contributed by atoms with van der Waals surface area (Å²) in [6, 6.07) is 9.93. The fraction of sp³-hybridized carbons (Fsp3) is 0.308. The molecule has 0 radical (unpaired) electrons. The smallest absolute Gasteiger partial charge is 0.0705 e. The van der Waals surface area contributed by atoms with Crippen molar-refractivity contribution in [1.82, 2.24) is 4.98 Å². The van der Waals surface area contributed by atoms with Gasteiger partial charge in [0.05, 0.1) is 5.52 Å². The van der Waals surface area contributed by atoms with Crippen LogP contribution in [0.25, 0.3) is 10.9 Å². The summed E-state index contributed by atoms with van der Waals surface area (Å²) in [7, 11) is 0. The molecule has 1 aromatic carbocycles. The molecule has 0 saturated heterocycles. The third-order valence-electron chi connectivity index (χ3n) is 2.62. The number of aliphatic hydroxyl groups excluding tert-OH is 2. The maximum Gasteiger partial charge on any atom is 0.0705 e. The maximum absolute atomic E-state index is 8.99. The second-order valence-electron chi connectivity index (χ2n) is 3.73. The maximum atomic E-state index is 8.99. The van der Waals surface area contributed by atoms with Gasteiger partial charge in [0, 0.05) is 30.7 Å². The summed E-state index contributed by atoms with van der Waals surface area (Å²) in [6.45, 7) is 0.197. The highest BCUT2D eigenvalue weighted by Gasteiger charge is 2.05. The lowest BCUT2D eigenvalue weighted by Crippen LogP contribution is -2.03. The van der Waals surface area contributed by atoms with Gasteiger partial charge >= 0.3 is 0 Å². The van der Waals surface area contributed by atoms with Crippen LogP contribution >= 0.6 is 0 Å². The molecule has 0 aliphatic heterocycles. The summed E-state index contributed by atoms with van der Waals surface area (Å²) in [4.78, 5) is 4.51. The van der Waals surface area contributed by atoms with Crippen molar-refractivity contribution in [3.05, 3.63) is 41.6 Å². The molecule has 2 rings (SSSR count). The molecular formula is C13H15NO2. The zero-order valence-electron chi connectivity index (χ0n) is 9.06. The second kappa shape index (κ2) is 5.05. The quantitative estimate of drug-likeness (QED) is 0.811. The first-order chi connectivity index (χ1) is 7.85. The summed E-state index contributed by atoms with van der Waals surface area (Å²) < 4.78 is 0. The fourth-order valence-corrected chi connectivity index (χ4v) is 1.86. The Labute approximate surface area is 94.4 Å². The largest absolute Gasteiger partial charge is 0.396 e. The Bertz CT molecular complexity index is 438. The molecule has 0 aliphatic rings. The Kier molecular flexibility index (Phi) is 3.49. The molecule has 3 nitrogen and oxygen atoms in total. The molecule has 0 atom stereocenters. The Balaban J connectivity index is 2.51. The molecule has 84 valence electrons. The van der Waals surface area contributed by atoms with Crippen LogP contribution in [0.3, 0.4) is 0 Å². The van der Waals surface area contributed by atoms with Crippen LogP contribution < -0.4 is 0 Å². The van der Waals surface area contributed by atoms with Gasteiger partial charge in [0.25, 0.3) is 0 Å². The summed E-state index contributed by atoms with van der Waals surface area (Å²) in [5, 5.41) is 19.1. The number of aliphatic hydroxyl groups is 2. The van der Waals surface area contributed by atoms with E-state index in [-0.39, 0.29) is 13.2 Å². The molecule has 0 bridgehead atoms. The standard InChI is InChI=1S/C13H15NO2/c15-7-5-11-9-10-3-1-2-4-12(10)14-13(11)6-8-16/h1-4,9,15-16H,5-8H2. The molecule has 1 aromatic heterocycles. The van der Waals surface area contributed by atoms with Crippen LogP contribution in [0.4, 0.5) is 0 Å². The summed E-state index contributed by atoms with van der Waals surface area (Å²) in [5.41, 5.74) is 2.85. The van der Waals surface area contributed by atoms with Crippen molar-refractivity contribution in [2.24, 2.45) is 0 Å². The zero-order valence-corrected chi connectivity index (χ0v) is 9.06.